The minimum Gasteiger partial charge on any atom is -0.349 e. The van der Waals surface area contributed by atoms with Gasteiger partial charge in [0.15, 0.2) is 0 Å². The molecule has 0 radical (unpaired) electrons. The van der Waals surface area contributed by atoms with Gasteiger partial charge in [-0.1, -0.05) is 42.5 Å². The van der Waals surface area contributed by atoms with Crippen LogP contribution in [0.1, 0.15) is 35.2 Å². The molecule has 0 bridgehead atoms. The lowest BCUT2D eigenvalue weighted by atomic mass is 10.1. The third kappa shape index (κ3) is 5.43. The third-order valence-electron chi connectivity index (χ3n) is 4.37. The molecule has 0 atom stereocenters. The molecule has 0 spiro atoms. The maximum Gasteiger partial charge on any atom is 0.253 e. The number of carbonyl (C=O) groups is 2. The van der Waals surface area contributed by atoms with Crippen LogP contribution in [0.25, 0.3) is 0 Å². The fourth-order valence-corrected chi connectivity index (χ4v) is 2.76. The Morgan fingerprint density at radius 1 is 1.04 bits per heavy atom. The molecule has 1 aliphatic carbocycles. The minimum atomic E-state index is -0.121. The molecule has 2 N–H and O–H groups in total. The number of nitrogens with one attached hydrogen (secondary N) is 2. The molecule has 5 nitrogen and oxygen atoms in total. The molecule has 5 heteroatoms. The summed E-state index contributed by atoms with van der Waals surface area (Å²) in [7, 11) is 2.00. The van der Waals surface area contributed by atoms with Crippen molar-refractivity contribution in [1.29, 1.82) is 0 Å². The van der Waals surface area contributed by atoms with Crippen molar-refractivity contribution in [2.45, 2.75) is 31.8 Å². The Bertz CT molecular complexity index is 757. The highest BCUT2D eigenvalue weighted by Gasteiger charge is 2.25. The van der Waals surface area contributed by atoms with Crippen LogP contribution in [0, 0.1) is 0 Å². The van der Waals surface area contributed by atoms with Crippen LogP contribution in [-0.4, -0.2) is 36.3 Å². The van der Waals surface area contributed by atoms with Gasteiger partial charge in [0, 0.05) is 25.6 Å². The van der Waals surface area contributed by atoms with Crippen LogP contribution in [-0.2, 0) is 11.3 Å². The van der Waals surface area contributed by atoms with Gasteiger partial charge in [0.05, 0.1) is 11.3 Å². The molecule has 1 saturated carbocycles. The predicted octanol–water partition coefficient (Wildman–Crippen LogP) is 3.04. The lowest BCUT2D eigenvalue weighted by molar-refractivity contribution is -0.116. The summed E-state index contributed by atoms with van der Waals surface area (Å²) in [5, 5.41) is 5.84. The Kier molecular flexibility index (Phi) is 6.02. The molecule has 2 aromatic carbocycles. The second-order valence-corrected chi connectivity index (χ2v) is 6.81. The number of anilines is 1. The van der Waals surface area contributed by atoms with E-state index in [2.05, 4.69) is 27.7 Å². The number of carbonyl (C=O) groups excluding carboxylic acids is 2. The summed E-state index contributed by atoms with van der Waals surface area (Å²) in [6.45, 7) is 1.45. The highest BCUT2D eigenvalue weighted by atomic mass is 16.2. The van der Waals surface area contributed by atoms with E-state index in [9.17, 15) is 9.59 Å². The van der Waals surface area contributed by atoms with Crippen LogP contribution in [0.3, 0.4) is 0 Å². The quantitative estimate of drug-likeness (QED) is 0.768. The monoisotopic (exact) mass is 351 g/mol. The van der Waals surface area contributed by atoms with Crippen molar-refractivity contribution in [3.63, 3.8) is 0 Å². The van der Waals surface area contributed by atoms with Crippen molar-refractivity contribution >= 4 is 17.5 Å². The third-order valence-corrected chi connectivity index (χ3v) is 4.37. The number of nitrogens with zero attached hydrogens (tertiary/aromatic N) is 1. The van der Waals surface area contributed by atoms with Crippen molar-refractivity contribution in [2.75, 3.05) is 18.9 Å². The van der Waals surface area contributed by atoms with Gasteiger partial charge in [-0.25, -0.2) is 0 Å². The highest BCUT2D eigenvalue weighted by Crippen LogP contribution is 2.21. The molecule has 1 aliphatic rings. The fourth-order valence-electron chi connectivity index (χ4n) is 2.76. The summed E-state index contributed by atoms with van der Waals surface area (Å²) in [5.41, 5.74) is 2.31. The zero-order valence-corrected chi connectivity index (χ0v) is 15.1. The second-order valence-electron chi connectivity index (χ2n) is 6.81. The molecular weight excluding hydrogens is 326 g/mol. The minimum absolute atomic E-state index is 0.0865. The Labute approximate surface area is 154 Å². The molecular formula is C21H25N3O2. The van der Waals surface area contributed by atoms with E-state index in [1.54, 1.807) is 12.1 Å². The zero-order chi connectivity index (χ0) is 18.4. The van der Waals surface area contributed by atoms with Gasteiger partial charge in [-0.05, 0) is 37.6 Å². The lowest BCUT2D eigenvalue weighted by Crippen LogP contribution is -2.28. The van der Waals surface area contributed by atoms with Crippen LogP contribution in [0.15, 0.2) is 54.6 Å². The molecule has 2 amide bonds. The van der Waals surface area contributed by atoms with E-state index in [-0.39, 0.29) is 17.9 Å². The number of amides is 2. The van der Waals surface area contributed by atoms with Gasteiger partial charge in [0.25, 0.3) is 5.91 Å². The standard InChI is InChI=1S/C21H25N3O2/c1-24(15-16-7-3-2-4-8-16)14-13-20(25)23-19-10-6-5-9-18(19)21(26)22-17-11-12-17/h2-10,17H,11-15H2,1H3,(H,22,26)(H,23,25). The molecule has 3 rings (SSSR count). The van der Waals surface area contributed by atoms with Gasteiger partial charge in [0.2, 0.25) is 5.91 Å². The summed E-state index contributed by atoms with van der Waals surface area (Å²) in [5.74, 6) is -0.207. The van der Waals surface area contributed by atoms with Crippen LogP contribution in [0.5, 0.6) is 0 Å². The molecule has 0 unspecified atom stereocenters. The van der Waals surface area contributed by atoms with Crippen LogP contribution in [0.4, 0.5) is 5.69 Å². The zero-order valence-electron chi connectivity index (χ0n) is 15.1. The van der Waals surface area contributed by atoms with Crippen LogP contribution in [0.2, 0.25) is 0 Å². The average molecular weight is 351 g/mol. The Morgan fingerprint density at radius 2 is 1.73 bits per heavy atom. The van der Waals surface area contributed by atoms with Crippen molar-refractivity contribution in [2.24, 2.45) is 0 Å². The Balaban J connectivity index is 1.50. The molecule has 26 heavy (non-hydrogen) atoms. The molecule has 136 valence electrons. The average Bonchev–Trinajstić information content (AvgIpc) is 3.45. The van der Waals surface area contributed by atoms with Gasteiger partial charge < -0.3 is 15.5 Å². The van der Waals surface area contributed by atoms with Gasteiger partial charge in [-0.3, -0.25) is 9.59 Å². The molecule has 0 aromatic heterocycles. The first-order valence-electron chi connectivity index (χ1n) is 9.04. The summed E-state index contributed by atoms with van der Waals surface area (Å²) >= 11 is 0. The maximum absolute atomic E-state index is 12.3. The van der Waals surface area contributed by atoms with E-state index in [0.29, 0.717) is 24.2 Å². The van der Waals surface area contributed by atoms with Crippen molar-refractivity contribution < 1.29 is 9.59 Å². The Hall–Kier alpha value is -2.66. The number of para-hydroxylation sites is 1. The first-order valence-corrected chi connectivity index (χ1v) is 9.04. The SMILES string of the molecule is CN(CCC(=O)Nc1ccccc1C(=O)NC1CC1)Cc1ccccc1. The summed E-state index contributed by atoms with van der Waals surface area (Å²) < 4.78 is 0. The van der Waals surface area contributed by atoms with Crippen LogP contribution >= 0.6 is 0 Å². The number of benzene rings is 2. The van der Waals surface area contributed by atoms with Gasteiger partial charge in [-0.2, -0.15) is 0 Å². The largest absolute Gasteiger partial charge is 0.349 e. The van der Waals surface area contributed by atoms with Gasteiger partial charge >= 0.3 is 0 Å². The molecule has 0 heterocycles. The van der Waals surface area contributed by atoms with Crippen molar-refractivity contribution in [3.05, 3.63) is 65.7 Å². The fraction of sp³-hybridized carbons (Fsp3) is 0.333. The number of hydrogen-bond acceptors (Lipinski definition) is 3. The van der Waals surface area contributed by atoms with E-state index in [1.165, 1.54) is 5.56 Å². The van der Waals surface area contributed by atoms with Crippen molar-refractivity contribution in [3.8, 4) is 0 Å². The van der Waals surface area contributed by atoms with E-state index >= 15 is 0 Å². The molecule has 0 saturated heterocycles. The van der Waals surface area contributed by atoms with Crippen molar-refractivity contribution in [1.82, 2.24) is 10.2 Å². The lowest BCUT2D eigenvalue weighted by Gasteiger charge is -2.17. The molecule has 2 aromatic rings. The first kappa shape index (κ1) is 18.1. The number of hydrogen-bond donors (Lipinski definition) is 2. The highest BCUT2D eigenvalue weighted by molar-refractivity contribution is 6.03. The maximum atomic E-state index is 12.3. The predicted molar refractivity (Wildman–Crippen MR) is 103 cm³/mol. The first-order chi connectivity index (χ1) is 12.6. The van der Waals surface area contributed by atoms with Crippen LogP contribution < -0.4 is 10.6 Å². The van der Waals surface area contributed by atoms with E-state index in [1.807, 2.05) is 37.4 Å². The summed E-state index contributed by atoms with van der Waals surface area (Å²) in [4.78, 5) is 26.7. The second kappa shape index (κ2) is 8.63. The topological polar surface area (TPSA) is 61.4 Å². The normalized spacial score (nSPS) is 13.5. The van der Waals surface area contributed by atoms with E-state index < -0.39 is 0 Å². The summed E-state index contributed by atoms with van der Waals surface area (Å²) in [6, 6.07) is 17.6. The Morgan fingerprint density at radius 3 is 2.46 bits per heavy atom. The van der Waals surface area contributed by atoms with Gasteiger partial charge in [0.1, 0.15) is 0 Å². The molecule has 1 fully saturated rings. The smallest absolute Gasteiger partial charge is 0.253 e. The van der Waals surface area contributed by atoms with E-state index in [4.69, 9.17) is 0 Å². The summed E-state index contributed by atoms with van der Waals surface area (Å²) in [6.07, 6.45) is 2.45. The van der Waals surface area contributed by atoms with E-state index in [0.717, 1.165) is 19.4 Å². The molecule has 0 aliphatic heterocycles. The van der Waals surface area contributed by atoms with Gasteiger partial charge in [-0.15, -0.1) is 0 Å². The number of rotatable bonds is 8.